The van der Waals surface area contributed by atoms with E-state index in [1.807, 2.05) is 13.8 Å². The predicted octanol–water partition coefficient (Wildman–Crippen LogP) is 2.71. The first-order chi connectivity index (χ1) is 9.86. The molecule has 2 fully saturated rings. The number of carbonyl (C=O) groups is 2. The van der Waals surface area contributed by atoms with Gasteiger partial charge < -0.3 is 15.3 Å². The molecule has 0 aromatic rings. The summed E-state index contributed by atoms with van der Waals surface area (Å²) >= 11 is 0. The minimum Gasteiger partial charge on any atom is -0.481 e. The van der Waals surface area contributed by atoms with Crippen LogP contribution in [-0.2, 0) is 4.79 Å². The van der Waals surface area contributed by atoms with E-state index in [1.165, 1.54) is 25.7 Å². The number of carboxylic acids is 1. The Morgan fingerprint density at radius 1 is 1.24 bits per heavy atom. The van der Waals surface area contributed by atoms with Gasteiger partial charge in [-0.15, -0.1) is 0 Å². The highest BCUT2D eigenvalue weighted by Gasteiger charge is 2.48. The van der Waals surface area contributed by atoms with Crippen molar-refractivity contribution in [1.29, 1.82) is 0 Å². The minimum absolute atomic E-state index is 0.0278. The Morgan fingerprint density at radius 2 is 1.86 bits per heavy atom. The molecule has 5 nitrogen and oxygen atoms in total. The lowest BCUT2D eigenvalue weighted by molar-refractivity contribution is -0.150. The van der Waals surface area contributed by atoms with E-state index < -0.39 is 11.4 Å². The van der Waals surface area contributed by atoms with Crippen molar-refractivity contribution in [3.63, 3.8) is 0 Å². The van der Waals surface area contributed by atoms with Crippen LogP contribution in [0.25, 0.3) is 0 Å². The molecule has 5 heteroatoms. The molecule has 2 unspecified atom stereocenters. The van der Waals surface area contributed by atoms with Gasteiger partial charge in [-0.25, -0.2) is 4.79 Å². The first-order valence-electron chi connectivity index (χ1n) is 8.15. The number of nitrogens with zero attached hydrogens (tertiary/aromatic N) is 1. The van der Waals surface area contributed by atoms with Crippen LogP contribution in [0.5, 0.6) is 0 Å². The molecular weight excluding hydrogens is 268 g/mol. The zero-order valence-electron chi connectivity index (χ0n) is 13.4. The van der Waals surface area contributed by atoms with Crippen molar-refractivity contribution in [3.05, 3.63) is 0 Å². The largest absolute Gasteiger partial charge is 0.481 e. The lowest BCUT2D eigenvalue weighted by atomic mass is 9.76. The molecule has 1 saturated heterocycles. The SMILES string of the molecule is CC(NC(=O)N1CCC(C(=O)O)(C(C)C)C1)C1CCCC1. The molecule has 1 aliphatic carbocycles. The molecule has 0 aromatic carbocycles. The van der Waals surface area contributed by atoms with Gasteiger partial charge in [-0.05, 0) is 38.0 Å². The Morgan fingerprint density at radius 3 is 2.33 bits per heavy atom. The van der Waals surface area contributed by atoms with Crippen molar-refractivity contribution in [2.45, 2.75) is 58.9 Å². The van der Waals surface area contributed by atoms with E-state index in [-0.39, 0.29) is 18.0 Å². The quantitative estimate of drug-likeness (QED) is 0.838. The van der Waals surface area contributed by atoms with Crippen LogP contribution in [0.2, 0.25) is 0 Å². The van der Waals surface area contributed by atoms with Crippen LogP contribution in [0, 0.1) is 17.3 Å². The van der Waals surface area contributed by atoms with E-state index in [0.717, 1.165) is 0 Å². The van der Waals surface area contributed by atoms with E-state index in [1.54, 1.807) is 4.90 Å². The highest BCUT2D eigenvalue weighted by Crippen LogP contribution is 2.38. The Hall–Kier alpha value is -1.26. The number of urea groups is 1. The summed E-state index contributed by atoms with van der Waals surface area (Å²) < 4.78 is 0. The third-order valence-corrected chi connectivity index (χ3v) is 5.58. The van der Waals surface area contributed by atoms with E-state index in [9.17, 15) is 14.7 Å². The Kier molecular flexibility index (Phi) is 4.79. The Bertz CT molecular complexity index is 404. The first kappa shape index (κ1) is 16.1. The average Bonchev–Trinajstić information content (AvgIpc) is 3.09. The molecule has 2 atom stereocenters. The van der Waals surface area contributed by atoms with E-state index in [4.69, 9.17) is 0 Å². The van der Waals surface area contributed by atoms with Crippen LogP contribution in [-0.4, -0.2) is 41.1 Å². The minimum atomic E-state index is -0.784. The number of rotatable bonds is 4. The van der Waals surface area contributed by atoms with Gasteiger partial charge in [0, 0.05) is 19.1 Å². The van der Waals surface area contributed by atoms with Gasteiger partial charge in [0.05, 0.1) is 5.41 Å². The maximum atomic E-state index is 12.4. The predicted molar refractivity (Wildman–Crippen MR) is 81.0 cm³/mol. The molecule has 21 heavy (non-hydrogen) atoms. The van der Waals surface area contributed by atoms with Crippen LogP contribution < -0.4 is 5.32 Å². The van der Waals surface area contributed by atoms with Crippen LogP contribution in [0.4, 0.5) is 4.79 Å². The van der Waals surface area contributed by atoms with E-state index in [0.29, 0.717) is 25.4 Å². The van der Waals surface area contributed by atoms with Crippen LogP contribution in [0.3, 0.4) is 0 Å². The van der Waals surface area contributed by atoms with Crippen molar-refractivity contribution < 1.29 is 14.7 Å². The van der Waals surface area contributed by atoms with Gasteiger partial charge in [0.1, 0.15) is 0 Å². The van der Waals surface area contributed by atoms with Crippen molar-refractivity contribution in [2.75, 3.05) is 13.1 Å². The molecule has 0 radical (unpaired) electrons. The molecule has 0 bridgehead atoms. The molecule has 2 aliphatic rings. The molecule has 120 valence electrons. The summed E-state index contributed by atoms with van der Waals surface area (Å²) in [7, 11) is 0. The van der Waals surface area contributed by atoms with Crippen LogP contribution in [0.1, 0.15) is 52.9 Å². The van der Waals surface area contributed by atoms with Crippen molar-refractivity contribution in [1.82, 2.24) is 10.2 Å². The highest BCUT2D eigenvalue weighted by molar-refractivity contribution is 5.80. The van der Waals surface area contributed by atoms with Gasteiger partial charge in [-0.1, -0.05) is 26.7 Å². The molecular formula is C16H28N2O3. The monoisotopic (exact) mass is 296 g/mol. The summed E-state index contributed by atoms with van der Waals surface area (Å²) in [5.74, 6) is -0.178. The fourth-order valence-electron chi connectivity index (χ4n) is 3.76. The highest BCUT2D eigenvalue weighted by atomic mass is 16.4. The van der Waals surface area contributed by atoms with Gasteiger partial charge in [0.15, 0.2) is 0 Å². The fourth-order valence-corrected chi connectivity index (χ4v) is 3.76. The molecule has 0 spiro atoms. The summed E-state index contributed by atoms with van der Waals surface area (Å²) in [6, 6.07) is 0.0806. The van der Waals surface area contributed by atoms with Crippen LogP contribution in [0.15, 0.2) is 0 Å². The molecule has 2 amide bonds. The summed E-state index contributed by atoms with van der Waals surface area (Å²) in [6.07, 6.45) is 5.43. The molecule has 1 heterocycles. The number of amides is 2. The number of aliphatic carboxylic acids is 1. The number of likely N-dealkylation sites (tertiary alicyclic amines) is 1. The summed E-state index contributed by atoms with van der Waals surface area (Å²) in [5, 5.41) is 12.6. The number of hydrogen-bond acceptors (Lipinski definition) is 2. The van der Waals surface area contributed by atoms with Gasteiger partial charge >= 0.3 is 12.0 Å². The molecule has 0 aromatic heterocycles. The normalized spacial score (nSPS) is 28.1. The third kappa shape index (κ3) is 3.16. The molecule has 1 saturated carbocycles. The van der Waals surface area contributed by atoms with Gasteiger partial charge in [-0.3, -0.25) is 4.79 Å². The van der Waals surface area contributed by atoms with Gasteiger partial charge in [0.25, 0.3) is 0 Å². The summed E-state index contributed by atoms with van der Waals surface area (Å²) in [6.45, 7) is 6.78. The second kappa shape index (κ2) is 6.24. The lowest BCUT2D eigenvalue weighted by Gasteiger charge is -2.29. The zero-order valence-corrected chi connectivity index (χ0v) is 13.4. The van der Waals surface area contributed by atoms with Crippen molar-refractivity contribution >= 4 is 12.0 Å². The lowest BCUT2D eigenvalue weighted by Crippen LogP contribution is -2.47. The Balaban J connectivity index is 1.93. The van der Waals surface area contributed by atoms with Crippen molar-refractivity contribution in [3.8, 4) is 0 Å². The second-order valence-corrected chi connectivity index (χ2v) is 7.07. The van der Waals surface area contributed by atoms with Crippen molar-refractivity contribution in [2.24, 2.45) is 17.3 Å². The molecule has 1 aliphatic heterocycles. The number of carboxylic acid groups (broad SMARTS) is 1. The maximum absolute atomic E-state index is 12.4. The number of hydrogen-bond donors (Lipinski definition) is 2. The van der Waals surface area contributed by atoms with E-state index >= 15 is 0 Å². The molecule has 2 N–H and O–H groups in total. The number of carbonyl (C=O) groups excluding carboxylic acids is 1. The zero-order chi connectivity index (χ0) is 15.6. The topological polar surface area (TPSA) is 69.6 Å². The average molecular weight is 296 g/mol. The second-order valence-electron chi connectivity index (χ2n) is 7.07. The summed E-state index contributed by atoms with van der Waals surface area (Å²) in [4.78, 5) is 25.7. The molecule has 2 rings (SSSR count). The number of nitrogens with one attached hydrogen (secondary N) is 1. The van der Waals surface area contributed by atoms with Gasteiger partial charge in [-0.2, -0.15) is 0 Å². The Labute approximate surface area is 127 Å². The van der Waals surface area contributed by atoms with Crippen LogP contribution >= 0.6 is 0 Å². The van der Waals surface area contributed by atoms with E-state index in [2.05, 4.69) is 12.2 Å². The third-order valence-electron chi connectivity index (χ3n) is 5.58. The smallest absolute Gasteiger partial charge is 0.317 e. The standard InChI is InChI=1S/C16H28N2O3/c1-11(2)16(14(19)20)8-9-18(10-16)15(21)17-12(3)13-6-4-5-7-13/h11-13H,4-10H2,1-3H3,(H,17,21)(H,19,20). The fraction of sp³-hybridized carbons (Fsp3) is 0.875. The summed E-state index contributed by atoms with van der Waals surface area (Å²) in [5.41, 5.74) is -0.784. The first-order valence-corrected chi connectivity index (χ1v) is 8.15. The van der Waals surface area contributed by atoms with Gasteiger partial charge in [0.2, 0.25) is 0 Å². The maximum Gasteiger partial charge on any atom is 0.317 e.